The number of thiophene rings is 1. The lowest BCUT2D eigenvalue weighted by Gasteiger charge is -2.09. The molecule has 0 aliphatic rings. The van der Waals surface area contributed by atoms with Crippen molar-refractivity contribution in [3.8, 4) is 10.7 Å². The lowest BCUT2D eigenvalue weighted by molar-refractivity contribution is 0.0600. The molecule has 0 spiro atoms. The van der Waals surface area contributed by atoms with Crippen molar-refractivity contribution >= 4 is 45.0 Å². The molecule has 0 saturated carbocycles. The highest BCUT2D eigenvalue weighted by atomic mass is 32.2. The molecule has 33 heavy (non-hydrogen) atoms. The number of nitrogens with zero attached hydrogens (tertiary/aromatic N) is 4. The average molecular weight is 478 g/mol. The molecule has 0 saturated heterocycles. The van der Waals surface area contributed by atoms with E-state index < -0.39 is 0 Å². The zero-order chi connectivity index (χ0) is 22.8. The summed E-state index contributed by atoms with van der Waals surface area (Å²) in [4.78, 5) is 18.0. The van der Waals surface area contributed by atoms with Gasteiger partial charge in [0.15, 0.2) is 11.0 Å². The van der Waals surface area contributed by atoms with Crippen LogP contribution in [0.5, 0.6) is 0 Å². The Bertz CT molecular complexity index is 1430. The Kier molecular flexibility index (Phi) is 5.84. The molecule has 0 atom stereocenters. The number of rotatable bonds is 7. The molecule has 0 aliphatic carbocycles. The third kappa shape index (κ3) is 4.22. The van der Waals surface area contributed by atoms with Crippen LogP contribution in [-0.2, 0) is 17.0 Å². The normalized spacial score (nSPS) is 11.2. The van der Waals surface area contributed by atoms with E-state index in [1.165, 1.54) is 30.2 Å². The van der Waals surface area contributed by atoms with E-state index in [0.29, 0.717) is 29.4 Å². The van der Waals surface area contributed by atoms with E-state index >= 15 is 0 Å². The fourth-order valence-electron chi connectivity index (χ4n) is 3.44. The van der Waals surface area contributed by atoms with Gasteiger partial charge in [0.05, 0.1) is 36.0 Å². The standard InChI is InChI=1S/C23H19N5O3S2/c1-30-22(29)15-6-2-5-14(11-15)13-32-23-27-26-20(28(23)12-16-7-4-10-31-16)19-18(24)17-8-3-9-25-21(17)33-19/h2-11H,12-13,24H2,1H3. The summed E-state index contributed by atoms with van der Waals surface area (Å²) < 4.78 is 12.4. The maximum Gasteiger partial charge on any atom is 0.337 e. The Morgan fingerprint density at radius 1 is 1.21 bits per heavy atom. The Morgan fingerprint density at radius 3 is 2.91 bits per heavy atom. The number of aromatic nitrogens is 4. The Labute approximate surface area is 197 Å². The number of pyridine rings is 1. The highest BCUT2D eigenvalue weighted by molar-refractivity contribution is 7.98. The number of nitrogens with two attached hydrogens (primary N) is 1. The fourth-order valence-corrected chi connectivity index (χ4v) is 5.37. The van der Waals surface area contributed by atoms with Gasteiger partial charge in [0.1, 0.15) is 10.6 Å². The van der Waals surface area contributed by atoms with Gasteiger partial charge < -0.3 is 14.9 Å². The number of methoxy groups -OCH3 is 1. The quantitative estimate of drug-likeness (QED) is 0.262. The van der Waals surface area contributed by atoms with Gasteiger partial charge in [0.25, 0.3) is 0 Å². The average Bonchev–Trinajstić information content (AvgIpc) is 3.58. The summed E-state index contributed by atoms with van der Waals surface area (Å²) in [7, 11) is 1.37. The third-order valence-corrected chi connectivity index (χ3v) is 7.20. The summed E-state index contributed by atoms with van der Waals surface area (Å²) in [5.74, 6) is 1.69. The fraction of sp³-hybridized carbons (Fsp3) is 0.130. The summed E-state index contributed by atoms with van der Waals surface area (Å²) in [5, 5.41) is 10.5. The maximum absolute atomic E-state index is 11.9. The summed E-state index contributed by atoms with van der Waals surface area (Å²) in [6.07, 6.45) is 3.39. The number of furan rings is 1. The number of fused-ring (bicyclic) bond motifs is 1. The monoisotopic (exact) mass is 477 g/mol. The van der Waals surface area contributed by atoms with Crippen LogP contribution in [0.1, 0.15) is 21.7 Å². The molecule has 5 aromatic rings. The van der Waals surface area contributed by atoms with Crippen molar-refractivity contribution in [3.63, 3.8) is 0 Å². The molecule has 0 bridgehead atoms. The highest BCUT2D eigenvalue weighted by Gasteiger charge is 2.21. The molecule has 4 aromatic heterocycles. The van der Waals surface area contributed by atoms with E-state index in [4.69, 9.17) is 14.9 Å². The van der Waals surface area contributed by atoms with Crippen molar-refractivity contribution < 1.29 is 13.9 Å². The molecule has 0 fully saturated rings. The lowest BCUT2D eigenvalue weighted by Crippen LogP contribution is -2.04. The molecule has 1 aromatic carbocycles. The van der Waals surface area contributed by atoms with Gasteiger partial charge in [0.2, 0.25) is 0 Å². The lowest BCUT2D eigenvalue weighted by atomic mass is 10.1. The highest BCUT2D eigenvalue weighted by Crippen LogP contribution is 2.40. The molecule has 166 valence electrons. The largest absolute Gasteiger partial charge is 0.467 e. The van der Waals surface area contributed by atoms with E-state index in [-0.39, 0.29) is 5.97 Å². The van der Waals surface area contributed by atoms with Gasteiger partial charge in [-0.15, -0.1) is 21.5 Å². The number of carbonyl (C=O) groups is 1. The molecule has 0 unspecified atom stereocenters. The second-order valence-corrected chi connectivity index (χ2v) is 9.09. The number of thioether (sulfide) groups is 1. The van der Waals surface area contributed by atoms with Crippen LogP contribution < -0.4 is 5.73 Å². The van der Waals surface area contributed by atoms with Crippen LogP contribution in [0.15, 0.2) is 70.6 Å². The van der Waals surface area contributed by atoms with Gasteiger partial charge in [-0.3, -0.25) is 4.57 Å². The molecular formula is C23H19N5O3S2. The minimum atomic E-state index is -0.362. The number of carbonyl (C=O) groups excluding carboxylic acids is 1. The summed E-state index contributed by atoms with van der Waals surface area (Å²) >= 11 is 3.01. The van der Waals surface area contributed by atoms with Crippen molar-refractivity contribution in [1.82, 2.24) is 19.7 Å². The molecule has 0 aliphatic heterocycles. The molecule has 8 nitrogen and oxygen atoms in total. The van der Waals surface area contributed by atoms with Crippen molar-refractivity contribution in [2.75, 3.05) is 12.8 Å². The van der Waals surface area contributed by atoms with Crippen LogP contribution in [-0.4, -0.2) is 32.8 Å². The Hall–Kier alpha value is -3.63. The first-order chi connectivity index (χ1) is 16.1. The van der Waals surface area contributed by atoms with Crippen molar-refractivity contribution in [3.05, 3.63) is 77.9 Å². The number of nitrogen functional groups attached to an aromatic ring is 1. The maximum atomic E-state index is 11.9. The predicted octanol–water partition coefficient (Wildman–Crippen LogP) is 4.86. The van der Waals surface area contributed by atoms with Gasteiger partial charge in [-0.1, -0.05) is 23.9 Å². The Balaban J connectivity index is 1.49. The number of esters is 1. The van der Waals surface area contributed by atoms with Crippen LogP contribution in [0.2, 0.25) is 0 Å². The zero-order valence-corrected chi connectivity index (χ0v) is 19.2. The number of hydrogen-bond acceptors (Lipinski definition) is 9. The summed E-state index contributed by atoms with van der Waals surface area (Å²) in [6, 6.07) is 14.9. The van der Waals surface area contributed by atoms with Crippen LogP contribution in [0, 0.1) is 0 Å². The smallest absolute Gasteiger partial charge is 0.337 e. The molecule has 2 N–H and O–H groups in total. The zero-order valence-electron chi connectivity index (χ0n) is 17.6. The van der Waals surface area contributed by atoms with Crippen molar-refractivity contribution in [1.29, 1.82) is 0 Å². The first-order valence-electron chi connectivity index (χ1n) is 10.0. The van der Waals surface area contributed by atoms with Crippen molar-refractivity contribution in [2.24, 2.45) is 0 Å². The van der Waals surface area contributed by atoms with Gasteiger partial charge in [-0.25, -0.2) is 9.78 Å². The second kappa shape index (κ2) is 9.08. The van der Waals surface area contributed by atoms with E-state index in [0.717, 1.165) is 31.6 Å². The van der Waals surface area contributed by atoms with E-state index in [2.05, 4.69) is 15.2 Å². The minimum absolute atomic E-state index is 0.362. The minimum Gasteiger partial charge on any atom is -0.467 e. The summed E-state index contributed by atoms with van der Waals surface area (Å²) in [5.41, 5.74) is 8.59. The van der Waals surface area contributed by atoms with E-state index in [1.807, 2.05) is 47.0 Å². The van der Waals surface area contributed by atoms with Crippen LogP contribution >= 0.6 is 23.1 Å². The van der Waals surface area contributed by atoms with Gasteiger partial charge in [-0.05, 0) is 42.0 Å². The SMILES string of the molecule is COC(=O)c1cccc(CSc2nnc(-c3sc4ncccc4c3N)n2Cc2ccco2)c1. The molecule has 0 radical (unpaired) electrons. The summed E-state index contributed by atoms with van der Waals surface area (Å²) in [6.45, 7) is 0.459. The van der Waals surface area contributed by atoms with Gasteiger partial charge in [-0.2, -0.15) is 0 Å². The van der Waals surface area contributed by atoms with Crippen LogP contribution in [0.4, 0.5) is 5.69 Å². The van der Waals surface area contributed by atoms with E-state index in [1.54, 1.807) is 18.5 Å². The number of benzene rings is 1. The Morgan fingerprint density at radius 2 is 2.12 bits per heavy atom. The first-order valence-corrected chi connectivity index (χ1v) is 11.8. The second-order valence-electron chi connectivity index (χ2n) is 7.15. The van der Waals surface area contributed by atoms with Crippen molar-refractivity contribution in [2.45, 2.75) is 17.5 Å². The molecular weight excluding hydrogens is 458 g/mol. The number of hydrogen-bond donors (Lipinski definition) is 1. The predicted molar refractivity (Wildman–Crippen MR) is 128 cm³/mol. The third-order valence-electron chi connectivity index (χ3n) is 5.03. The molecule has 4 heterocycles. The molecule has 5 rings (SSSR count). The number of ether oxygens (including phenoxy) is 1. The van der Waals surface area contributed by atoms with Crippen LogP contribution in [0.25, 0.3) is 20.9 Å². The number of anilines is 1. The van der Waals surface area contributed by atoms with Gasteiger partial charge in [0, 0.05) is 17.3 Å². The molecule has 10 heteroatoms. The van der Waals surface area contributed by atoms with Crippen LogP contribution in [0.3, 0.4) is 0 Å². The first kappa shape index (κ1) is 21.2. The molecule has 0 amide bonds. The van der Waals surface area contributed by atoms with Gasteiger partial charge >= 0.3 is 5.97 Å². The topological polar surface area (TPSA) is 109 Å². The van der Waals surface area contributed by atoms with E-state index in [9.17, 15) is 4.79 Å².